The van der Waals surface area contributed by atoms with E-state index in [2.05, 4.69) is 10.1 Å². The Balaban J connectivity index is 1.70. The molecule has 2 aromatic rings. The molecule has 1 N–H and O–H groups in total. The Morgan fingerprint density at radius 3 is 2.79 bits per heavy atom. The number of hydrogen-bond donors (Lipinski definition) is 1. The summed E-state index contributed by atoms with van der Waals surface area (Å²) in [6.07, 6.45) is 2.04. The van der Waals surface area contributed by atoms with Crippen LogP contribution in [0.5, 0.6) is 5.75 Å². The highest BCUT2D eigenvalue weighted by Crippen LogP contribution is 2.23. The van der Waals surface area contributed by atoms with Crippen LogP contribution in [0.4, 0.5) is 0 Å². The van der Waals surface area contributed by atoms with E-state index >= 15 is 0 Å². The minimum Gasteiger partial charge on any atom is -0.482 e. The molecule has 3 heterocycles. The van der Waals surface area contributed by atoms with E-state index in [0.717, 1.165) is 0 Å². The van der Waals surface area contributed by atoms with E-state index in [4.69, 9.17) is 9.15 Å². The van der Waals surface area contributed by atoms with Crippen molar-refractivity contribution >= 4 is 5.91 Å². The van der Waals surface area contributed by atoms with Crippen molar-refractivity contribution in [3.05, 3.63) is 29.7 Å². The van der Waals surface area contributed by atoms with E-state index in [1.807, 2.05) is 13.8 Å². The third-order valence-electron chi connectivity index (χ3n) is 4.00. The Bertz CT molecular complexity index is 736. The number of aliphatic hydroxyl groups is 1. The number of aliphatic hydroxyl groups excluding tert-OH is 1. The third kappa shape index (κ3) is 3.14. The molecule has 8 heteroatoms. The van der Waals surface area contributed by atoms with Gasteiger partial charge in [0, 0.05) is 13.0 Å². The number of aromatic nitrogens is 3. The Kier molecular flexibility index (Phi) is 4.31. The minimum atomic E-state index is -0.758. The predicted molar refractivity (Wildman–Crippen MR) is 84.9 cm³/mol. The van der Waals surface area contributed by atoms with E-state index in [1.54, 1.807) is 35.9 Å². The quantitative estimate of drug-likeness (QED) is 0.900. The van der Waals surface area contributed by atoms with Crippen molar-refractivity contribution in [1.82, 2.24) is 19.7 Å². The SMILES string of the molecule is Cc1oc(C(C)C)nc1C(=O)N1C[C@@H](O)[C@H](Oc2cnn(C)c2)C1. The molecular weight excluding hydrogens is 312 g/mol. The van der Waals surface area contributed by atoms with Crippen molar-refractivity contribution in [2.24, 2.45) is 7.05 Å². The van der Waals surface area contributed by atoms with Crippen molar-refractivity contribution in [3.8, 4) is 5.75 Å². The molecule has 0 radical (unpaired) electrons. The van der Waals surface area contributed by atoms with Crippen LogP contribution in [0.2, 0.25) is 0 Å². The highest BCUT2D eigenvalue weighted by Gasteiger charge is 2.37. The van der Waals surface area contributed by atoms with Gasteiger partial charge < -0.3 is 19.2 Å². The second-order valence-corrected chi connectivity index (χ2v) is 6.40. The van der Waals surface area contributed by atoms with Crippen molar-refractivity contribution in [2.75, 3.05) is 13.1 Å². The van der Waals surface area contributed by atoms with Crippen molar-refractivity contribution < 1.29 is 19.1 Å². The lowest BCUT2D eigenvalue weighted by Gasteiger charge is -2.15. The van der Waals surface area contributed by atoms with Crippen molar-refractivity contribution in [2.45, 2.75) is 38.9 Å². The molecule has 0 aromatic carbocycles. The highest BCUT2D eigenvalue weighted by atomic mass is 16.5. The summed E-state index contributed by atoms with van der Waals surface area (Å²) < 4.78 is 12.9. The number of β-amino-alcohol motifs (C(OH)–C–C–N with tert-alkyl or cyclic N) is 1. The van der Waals surface area contributed by atoms with Gasteiger partial charge in [0.25, 0.3) is 5.91 Å². The van der Waals surface area contributed by atoms with Crippen LogP contribution in [0.1, 0.15) is 41.9 Å². The summed E-state index contributed by atoms with van der Waals surface area (Å²) in [5, 5.41) is 14.2. The van der Waals surface area contributed by atoms with Crippen LogP contribution in [0.25, 0.3) is 0 Å². The smallest absolute Gasteiger partial charge is 0.276 e. The molecule has 0 bridgehead atoms. The van der Waals surface area contributed by atoms with Crippen molar-refractivity contribution in [3.63, 3.8) is 0 Å². The molecule has 24 heavy (non-hydrogen) atoms. The van der Waals surface area contributed by atoms with Gasteiger partial charge in [0.2, 0.25) is 0 Å². The van der Waals surface area contributed by atoms with E-state index in [9.17, 15) is 9.90 Å². The molecule has 0 aliphatic carbocycles. The second kappa shape index (κ2) is 6.27. The largest absolute Gasteiger partial charge is 0.482 e. The zero-order chi connectivity index (χ0) is 17.4. The Morgan fingerprint density at radius 1 is 1.46 bits per heavy atom. The van der Waals surface area contributed by atoms with Gasteiger partial charge >= 0.3 is 0 Å². The maximum absolute atomic E-state index is 12.7. The number of nitrogens with zero attached hydrogens (tertiary/aromatic N) is 4. The van der Waals surface area contributed by atoms with Crippen LogP contribution < -0.4 is 4.74 Å². The Morgan fingerprint density at radius 2 is 2.21 bits per heavy atom. The Hall–Kier alpha value is -2.35. The maximum Gasteiger partial charge on any atom is 0.276 e. The fraction of sp³-hybridized carbons (Fsp3) is 0.562. The van der Waals surface area contributed by atoms with Gasteiger partial charge in [-0.1, -0.05) is 13.8 Å². The average molecular weight is 334 g/mol. The fourth-order valence-electron chi connectivity index (χ4n) is 2.68. The van der Waals surface area contributed by atoms with Gasteiger partial charge in [0.15, 0.2) is 17.3 Å². The predicted octanol–water partition coefficient (Wildman–Crippen LogP) is 1.10. The van der Waals surface area contributed by atoms with Crippen LogP contribution in [-0.2, 0) is 7.05 Å². The van der Waals surface area contributed by atoms with E-state index in [1.165, 1.54) is 0 Å². The van der Waals surface area contributed by atoms with Crippen LogP contribution >= 0.6 is 0 Å². The van der Waals surface area contributed by atoms with Gasteiger partial charge in [-0.15, -0.1) is 0 Å². The van der Waals surface area contributed by atoms with Crippen molar-refractivity contribution in [1.29, 1.82) is 0 Å². The first-order chi connectivity index (χ1) is 11.3. The minimum absolute atomic E-state index is 0.107. The first-order valence-electron chi connectivity index (χ1n) is 7.95. The van der Waals surface area contributed by atoms with Crippen LogP contribution in [0.3, 0.4) is 0 Å². The number of rotatable bonds is 4. The number of likely N-dealkylation sites (tertiary alicyclic amines) is 1. The van der Waals surface area contributed by atoms with Gasteiger partial charge in [-0.2, -0.15) is 5.10 Å². The first-order valence-corrected chi connectivity index (χ1v) is 7.95. The van der Waals surface area contributed by atoms with Crippen LogP contribution in [0, 0.1) is 6.92 Å². The average Bonchev–Trinajstić information content (AvgIpc) is 3.19. The molecule has 0 saturated carbocycles. The molecule has 1 fully saturated rings. The maximum atomic E-state index is 12.7. The molecule has 1 amide bonds. The zero-order valence-electron chi connectivity index (χ0n) is 14.3. The number of carbonyl (C=O) groups is 1. The summed E-state index contributed by atoms with van der Waals surface area (Å²) >= 11 is 0. The molecule has 1 saturated heterocycles. The first kappa shape index (κ1) is 16.5. The van der Waals surface area contributed by atoms with E-state index in [-0.39, 0.29) is 24.9 Å². The number of aryl methyl sites for hydroxylation is 2. The zero-order valence-corrected chi connectivity index (χ0v) is 14.3. The molecule has 0 unspecified atom stereocenters. The molecule has 2 atom stereocenters. The molecule has 2 aromatic heterocycles. The highest BCUT2D eigenvalue weighted by molar-refractivity contribution is 5.93. The molecule has 130 valence electrons. The summed E-state index contributed by atoms with van der Waals surface area (Å²) in [7, 11) is 1.79. The van der Waals surface area contributed by atoms with Crippen LogP contribution in [-0.4, -0.2) is 56.0 Å². The van der Waals surface area contributed by atoms with Gasteiger partial charge in [-0.3, -0.25) is 9.48 Å². The monoisotopic (exact) mass is 334 g/mol. The number of amides is 1. The number of ether oxygens (including phenoxy) is 1. The van der Waals surface area contributed by atoms with Gasteiger partial charge in [0.1, 0.15) is 18.0 Å². The lowest BCUT2D eigenvalue weighted by molar-refractivity contribution is 0.0728. The van der Waals surface area contributed by atoms with Gasteiger partial charge in [0.05, 0.1) is 25.5 Å². The normalized spacial score (nSPS) is 20.8. The molecule has 8 nitrogen and oxygen atoms in total. The molecule has 0 spiro atoms. The summed E-state index contributed by atoms with van der Waals surface area (Å²) in [5.74, 6) is 1.46. The molecule has 1 aliphatic rings. The standard InChI is InChI=1S/C16H22N4O4/c1-9(2)15-18-14(10(3)23-15)16(22)20-7-12(21)13(8-20)24-11-5-17-19(4)6-11/h5-6,9,12-13,21H,7-8H2,1-4H3/t12-,13-/m1/s1. The van der Waals surface area contributed by atoms with E-state index < -0.39 is 12.2 Å². The van der Waals surface area contributed by atoms with Crippen LogP contribution in [0.15, 0.2) is 16.8 Å². The summed E-state index contributed by atoms with van der Waals surface area (Å²) in [4.78, 5) is 18.5. The number of hydrogen-bond acceptors (Lipinski definition) is 6. The number of carbonyl (C=O) groups excluding carboxylic acids is 1. The topological polar surface area (TPSA) is 93.6 Å². The summed E-state index contributed by atoms with van der Waals surface area (Å²) in [6.45, 7) is 6.13. The number of oxazole rings is 1. The second-order valence-electron chi connectivity index (χ2n) is 6.40. The fourth-order valence-corrected chi connectivity index (χ4v) is 2.68. The lowest BCUT2D eigenvalue weighted by atomic mass is 10.2. The third-order valence-corrected chi connectivity index (χ3v) is 4.00. The lowest BCUT2D eigenvalue weighted by Crippen LogP contribution is -2.31. The molecular formula is C16H22N4O4. The van der Waals surface area contributed by atoms with E-state index in [0.29, 0.717) is 23.1 Å². The van der Waals surface area contributed by atoms with Gasteiger partial charge in [-0.25, -0.2) is 4.98 Å². The Labute approximate surface area is 140 Å². The summed E-state index contributed by atoms with van der Waals surface area (Å²) in [6, 6.07) is 0. The molecule has 1 aliphatic heterocycles. The molecule has 3 rings (SSSR count). The van der Waals surface area contributed by atoms with Gasteiger partial charge in [-0.05, 0) is 6.92 Å². The summed E-state index contributed by atoms with van der Waals surface area (Å²) in [5.41, 5.74) is 0.299.